The Balaban J connectivity index is 2.28. The zero-order valence-corrected chi connectivity index (χ0v) is 10.4. The lowest BCUT2D eigenvalue weighted by atomic mass is 9.85. The maximum Gasteiger partial charge on any atom is 0.194 e. The van der Waals surface area contributed by atoms with Gasteiger partial charge in [-0.05, 0) is 13.0 Å². The lowest BCUT2D eigenvalue weighted by Crippen LogP contribution is -2.45. The Hall–Kier alpha value is -1.19. The summed E-state index contributed by atoms with van der Waals surface area (Å²) >= 11 is 0. The summed E-state index contributed by atoms with van der Waals surface area (Å²) in [4.78, 5) is 12.5. The van der Waals surface area contributed by atoms with E-state index in [0.717, 1.165) is 11.1 Å². The third-order valence-electron chi connectivity index (χ3n) is 3.39. The molecule has 2 rings (SSSR count). The molecule has 0 spiro atoms. The molecule has 1 aromatic carbocycles. The van der Waals surface area contributed by atoms with Crippen LogP contribution in [0.15, 0.2) is 24.3 Å². The first-order valence-corrected chi connectivity index (χ1v) is 5.92. The number of hydrogen-bond donors (Lipinski definition) is 0. The standard InChI is InChI=1S/C14H18O3/c1-11-4-3-5-12(10-11)13(15)14(16-2)6-8-17-9-7-14/h3-5,10H,6-9H2,1-2H3. The Morgan fingerprint density at radius 2 is 2.06 bits per heavy atom. The van der Waals surface area contributed by atoms with Crippen molar-refractivity contribution in [2.75, 3.05) is 20.3 Å². The van der Waals surface area contributed by atoms with Gasteiger partial charge in [-0.2, -0.15) is 0 Å². The first-order valence-electron chi connectivity index (χ1n) is 5.92. The van der Waals surface area contributed by atoms with Crippen molar-refractivity contribution in [2.24, 2.45) is 0 Å². The highest BCUT2D eigenvalue weighted by molar-refractivity contribution is 6.02. The highest BCUT2D eigenvalue weighted by Crippen LogP contribution is 2.28. The van der Waals surface area contributed by atoms with Gasteiger partial charge >= 0.3 is 0 Å². The summed E-state index contributed by atoms with van der Waals surface area (Å²) in [5.74, 6) is 0.0759. The third-order valence-corrected chi connectivity index (χ3v) is 3.39. The van der Waals surface area contributed by atoms with Gasteiger partial charge in [0.2, 0.25) is 0 Å². The molecule has 0 amide bonds. The van der Waals surface area contributed by atoms with Crippen molar-refractivity contribution < 1.29 is 14.3 Å². The number of ketones is 1. The van der Waals surface area contributed by atoms with Crippen LogP contribution in [0.3, 0.4) is 0 Å². The molecule has 0 aromatic heterocycles. The summed E-state index contributed by atoms with van der Waals surface area (Å²) in [6.07, 6.45) is 1.27. The summed E-state index contributed by atoms with van der Waals surface area (Å²) < 4.78 is 10.8. The molecule has 17 heavy (non-hydrogen) atoms. The molecule has 0 bridgehead atoms. The molecule has 0 saturated carbocycles. The summed E-state index contributed by atoms with van der Waals surface area (Å²) in [7, 11) is 1.61. The van der Waals surface area contributed by atoms with Gasteiger partial charge in [0.25, 0.3) is 0 Å². The molecule has 92 valence electrons. The second-order valence-corrected chi connectivity index (χ2v) is 4.51. The number of methoxy groups -OCH3 is 1. The van der Waals surface area contributed by atoms with Gasteiger partial charge in [0.1, 0.15) is 5.60 Å². The minimum absolute atomic E-state index is 0.0759. The van der Waals surface area contributed by atoms with Gasteiger partial charge < -0.3 is 9.47 Å². The Bertz CT molecular complexity index is 406. The quantitative estimate of drug-likeness (QED) is 0.753. The largest absolute Gasteiger partial charge is 0.381 e. The van der Waals surface area contributed by atoms with Crippen LogP contribution in [0.2, 0.25) is 0 Å². The Morgan fingerprint density at radius 1 is 1.35 bits per heavy atom. The monoisotopic (exact) mass is 234 g/mol. The number of hydrogen-bond acceptors (Lipinski definition) is 3. The predicted octanol–water partition coefficient (Wildman–Crippen LogP) is 2.37. The van der Waals surface area contributed by atoms with E-state index < -0.39 is 5.60 Å². The van der Waals surface area contributed by atoms with E-state index in [1.165, 1.54) is 0 Å². The zero-order chi connectivity index (χ0) is 12.3. The maximum atomic E-state index is 12.5. The molecular weight excluding hydrogens is 216 g/mol. The first-order chi connectivity index (χ1) is 8.18. The predicted molar refractivity (Wildman–Crippen MR) is 65.3 cm³/mol. The van der Waals surface area contributed by atoms with Gasteiger partial charge in [-0.1, -0.05) is 23.8 Å². The molecule has 0 aliphatic carbocycles. The van der Waals surface area contributed by atoms with Crippen molar-refractivity contribution >= 4 is 5.78 Å². The van der Waals surface area contributed by atoms with Gasteiger partial charge in [0.15, 0.2) is 5.78 Å². The van der Waals surface area contributed by atoms with Crippen LogP contribution in [0.1, 0.15) is 28.8 Å². The number of Topliss-reactive ketones (excluding diaryl/α,β-unsaturated/α-hetero) is 1. The van der Waals surface area contributed by atoms with Crippen molar-refractivity contribution in [3.05, 3.63) is 35.4 Å². The first kappa shape index (κ1) is 12.3. The summed E-state index contributed by atoms with van der Waals surface area (Å²) in [6.45, 7) is 3.16. The lowest BCUT2D eigenvalue weighted by Gasteiger charge is -2.34. The molecule has 0 unspecified atom stereocenters. The van der Waals surface area contributed by atoms with Crippen LogP contribution < -0.4 is 0 Å². The van der Waals surface area contributed by atoms with E-state index in [0.29, 0.717) is 26.1 Å². The molecule has 3 nitrogen and oxygen atoms in total. The number of carbonyl (C=O) groups excluding carboxylic acids is 1. The van der Waals surface area contributed by atoms with E-state index in [-0.39, 0.29) is 5.78 Å². The molecule has 1 heterocycles. The number of rotatable bonds is 3. The van der Waals surface area contributed by atoms with Gasteiger partial charge in [0.05, 0.1) is 0 Å². The van der Waals surface area contributed by atoms with E-state index in [4.69, 9.17) is 9.47 Å². The van der Waals surface area contributed by atoms with E-state index >= 15 is 0 Å². The van der Waals surface area contributed by atoms with Gasteiger partial charge in [-0.3, -0.25) is 4.79 Å². The second kappa shape index (κ2) is 4.98. The van der Waals surface area contributed by atoms with Crippen molar-refractivity contribution in [3.63, 3.8) is 0 Å². The summed E-state index contributed by atoms with van der Waals surface area (Å²) in [5, 5.41) is 0. The van der Waals surface area contributed by atoms with Crippen LogP contribution in [0.4, 0.5) is 0 Å². The molecule has 0 atom stereocenters. The number of carbonyl (C=O) groups is 1. The molecule has 1 aliphatic heterocycles. The third kappa shape index (κ3) is 2.40. The molecule has 3 heteroatoms. The fourth-order valence-corrected chi connectivity index (χ4v) is 2.27. The van der Waals surface area contributed by atoms with Gasteiger partial charge in [-0.15, -0.1) is 0 Å². The molecule has 1 aromatic rings. The Labute approximate surface area is 102 Å². The number of ether oxygens (including phenoxy) is 2. The SMILES string of the molecule is COC1(C(=O)c2cccc(C)c2)CCOCC1. The van der Waals surface area contributed by atoms with Crippen LogP contribution in [0.5, 0.6) is 0 Å². The molecular formula is C14H18O3. The van der Waals surface area contributed by atoms with E-state index in [9.17, 15) is 4.79 Å². The van der Waals surface area contributed by atoms with Crippen molar-refractivity contribution in [3.8, 4) is 0 Å². The second-order valence-electron chi connectivity index (χ2n) is 4.51. The van der Waals surface area contributed by atoms with Crippen LogP contribution in [-0.4, -0.2) is 31.7 Å². The molecule has 1 fully saturated rings. The van der Waals surface area contributed by atoms with Crippen molar-refractivity contribution in [1.82, 2.24) is 0 Å². The Kier molecular flexibility index (Phi) is 3.60. The van der Waals surface area contributed by atoms with Crippen molar-refractivity contribution in [2.45, 2.75) is 25.4 Å². The van der Waals surface area contributed by atoms with E-state index in [1.807, 2.05) is 31.2 Å². The van der Waals surface area contributed by atoms with Crippen LogP contribution in [0.25, 0.3) is 0 Å². The highest BCUT2D eigenvalue weighted by atomic mass is 16.5. The topological polar surface area (TPSA) is 35.5 Å². The molecule has 0 radical (unpaired) electrons. The van der Waals surface area contributed by atoms with E-state index in [2.05, 4.69) is 0 Å². The lowest BCUT2D eigenvalue weighted by molar-refractivity contribution is -0.0663. The van der Waals surface area contributed by atoms with Crippen LogP contribution in [0, 0.1) is 6.92 Å². The minimum Gasteiger partial charge on any atom is -0.381 e. The average molecular weight is 234 g/mol. The summed E-state index contributed by atoms with van der Waals surface area (Å²) in [6, 6.07) is 7.66. The average Bonchev–Trinajstić information content (AvgIpc) is 2.38. The highest BCUT2D eigenvalue weighted by Gasteiger charge is 2.40. The van der Waals surface area contributed by atoms with Crippen LogP contribution >= 0.6 is 0 Å². The normalized spacial score (nSPS) is 18.9. The van der Waals surface area contributed by atoms with Gasteiger partial charge in [-0.25, -0.2) is 0 Å². The summed E-state index contributed by atoms with van der Waals surface area (Å²) in [5.41, 5.74) is 1.13. The molecule has 1 saturated heterocycles. The minimum atomic E-state index is -0.688. The smallest absolute Gasteiger partial charge is 0.194 e. The fraction of sp³-hybridized carbons (Fsp3) is 0.500. The fourth-order valence-electron chi connectivity index (χ4n) is 2.27. The number of aryl methyl sites for hydroxylation is 1. The van der Waals surface area contributed by atoms with Gasteiger partial charge in [0, 0.05) is 38.7 Å². The molecule has 1 aliphatic rings. The van der Waals surface area contributed by atoms with Crippen LogP contribution in [-0.2, 0) is 9.47 Å². The zero-order valence-electron chi connectivity index (χ0n) is 10.4. The van der Waals surface area contributed by atoms with Crippen molar-refractivity contribution in [1.29, 1.82) is 0 Å². The maximum absolute atomic E-state index is 12.5. The number of benzene rings is 1. The molecule has 0 N–H and O–H groups in total. The van der Waals surface area contributed by atoms with E-state index in [1.54, 1.807) is 7.11 Å². The Morgan fingerprint density at radius 3 is 2.65 bits per heavy atom.